The SMILES string of the molecule is NC(CCO)c1cc(Br)c(O)cc1F. The monoisotopic (exact) mass is 263 g/mol. The maximum atomic E-state index is 13.3. The molecule has 3 nitrogen and oxygen atoms in total. The Bertz CT molecular complexity index is 333. The second-order valence-electron chi connectivity index (χ2n) is 2.94. The third kappa shape index (κ3) is 2.43. The molecule has 0 aromatic heterocycles. The molecule has 78 valence electrons. The van der Waals surface area contributed by atoms with Crippen molar-refractivity contribution in [2.75, 3.05) is 6.61 Å². The highest BCUT2D eigenvalue weighted by atomic mass is 79.9. The molecular formula is C9H11BrFNO2. The van der Waals surface area contributed by atoms with Gasteiger partial charge in [0.15, 0.2) is 0 Å². The summed E-state index contributed by atoms with van der Waals surface area (Å²) in [5, 5.41) is 17.8. The topological polar surface area (TPSA) is 66.5 Å². The van der Waals surface area contributed by atoms with Crippen LogP contribution >= 0.6 is 15.9 Å². The molecule has 1 aromatic rings. The first kappa shape index (κ1) is 11.4. The number of aromatic hydroxyl groups is 1. The quantitative estimate of drug-likeness (QED) is 0.778. The molecule has 0 saturated carbocycles. The lowest BCUT2D eigenvalue weighted by molar-refractivity contribution is 0.275. The van der Waals surface area contributed by atoms with Crippen LogP contribution in [0.5, 0.6) is 5.75 Å². The van der Waals surface area contributed by atoms with Gasteiger partial charge >= 0.3 is 0 Å². The Balaban J connectivity index is 3.02. The van der Waals surface area contributed by atoms with E-state index in [2.05, 4.69) is 15.9 Å². The third-order valence-corrected chi connectivity index (χ3v) is 2.54. The lowest BCUT2D eigenvalue weighted by Gasteiger charge is -2.12. The number of hydrogen-bond donors (Lipinski definition) is 3. The van der Waals surface area contributed by atoms with Crippen LogP contribution in [0, 0.1) is 5.82 Å². The smallest absolute Gasteiger partial charge is 0.132 e. The molecular weight excluding hydrogens is 253 g/mol. The molecule has 5 heteroatoms. The van der Waals surface area contributed by atoms with Crippen molar-refractivity contribution in [1.29, 1.82) is 0 Å². The van der Waals surface area contributed by atoms with E-state index in [0.717, 1.165) is 6.07 Å². The molecule has 1 rings (SSSR count). The molecule has 0 saturated heterocycles. The number of aliphatic hydroxyl groups excluding tert-OH is 1. The van der Waals surface area contributed by atoms with E-state index in [1.807, 2.05) is 0 Å². The van der Waals surface area contributed by atoms with Crippen molar-refractivity contribution in [2.45, 2.75) is 12.5 Å². The largest absolute Gasteiger partial charge is 0.507 e. The highest BCUT2D eigenvalue weighted by Crippen LogP contribution is 2.29. The summed E-state index contributed by atoms with van der Waals surface area (Å²) in [5.41, 5.74) is 5.90. The van der Waals surface area contributed by atoms with Gasteiger partial charge in [-0.05, 0) is 28.4 Å². The second-order valence-corrected chi connectivity index (χ2v) is 3.80. The number of halogens is 2. The van der Waals surface area contributed by atoms with Crippen LogP contribution in [0.25, 0.3) is 0 Å². The summed E-state index contributed by atoms with van der Waals surface area (Å²) < 4.78 is 13.7. The van der Waals surface area contributed by atoms with Crippen molar-refractivity contribution in [3.63, 3.8) is 0 Å². The number of hydrogen-bond acceptors (Lipinski definition) is 3. The second kappa shape index (κ2) is 4.72. The summed E-state index contributed by atoms with van der Waals surface area (Å²) >= 11 is 3.06. The van der Waals surface area contributed by atoms with Crippen LogP contribution in [0.2, 0.25) is 0 Å². The zero-order valence-corrected chi connectivity index (χ0v) is 8.96. The predicted octanol–water partition coefficient (Wildman–Crippen LogP) is 1.68. The zero-order valence-electron chi connectivity index (χ0n) is 7.37. The Morgan fingerprint density at radius 2 is 2.14 bits per heavy atom. The normalized spacial score (nSPS) is 12.9. The lowest BCUT2D eigenvalue weighted by Crippen LogP contribution is -2.13. The van der Waals surface area contributed by atoms with Crippen molar-refractivity contribution in [2.24, 2.45) is 5.73 Å². The summed E-state index contributed by atoms with van der Waals surface area (Å²) in [4.78, 5) is 0. The van der Waals surface area contributed by atoms with E-state index in [0.29, 0.717) is 4.47 Å². The number of phenolic OH excluding ortho intramolecular Hbond substituents is 1. The van der Waals surface area contributed by atoms with Gasteiger partial charge in [0.25, 0.3) is 0 Å². The molecule has 1 unspecified atom stereocenters. The van der Waals surface area contributed by atoms with Gasteiger partial charge < -0.3 is 15.9 Å². The molecule has 14 heavy (non-hydrogen) atoms. The highest BCUT2D eigenvalue weighted by Gasteiger charge is 2.13. The Hall–Kier alpha value is -0.650. The molecule has 0 aliphatic carbocycles. The molecule has 0 bridgehead atoms. The first-order chi connectivity index (χ1) is 6.56. The predicted molar refractivity (Wildman–Crippen MR) is 54.4 cm³/mol. The van der Waals surface area contributed by atoms with Crippen LogP contribution in [0.4, 0.5) is 4.39 Å². The number of nitrogens with two attached hydrogens (primary N) is 1. The van der Waals surface area contributed by atoms with Crippen LogP contribution in [0.3, 0.4) is 0 Å². The minimum Gasteiger partial charge on any atom is -0.507 e. The van der Waals surface area contributed by atoms with Gasteiger partial charge in [0.05, 0.1) is 4.47 Å². The Kier molecular flexibility index (Phi) is 3.86. The van der Waals surface area contributed by atoms with E-state index in [4.69, 9.17) is 15.9 Å². The average molecular weight is 264 g/mol. The van der Waals surface area contributed by atoms with Crippen molar-refractivity contribution in [3.05, 3.63) is 28.0 Å². The molecule has 0 aliphatic heterocycles. The van der Waals surface area contributed by atoms with Crippen LogP contribution in [0.15, 0.2) is 16.6 Å². The van der Waals surface area contributed by atoms with Gasteiger partial charge in [-0.25, -0.2) is 4.39 Å². The van der Waals surface area contributed by atoms with Crippen molar-refractivity contribution in [3.8, 4) is 5.75 Å². The summed E-state index contributed by atoms with van der Waals surface area (Å²) in [6.45, 7) is -0.0981. The molecule has 0 amide bonds. The van der Waals surface area contributed by atoms with Crippen LogP contribution in [-0.2, 0) is 0 Å². The number of aliphatic hydroxyl groups is 1. The fraction of sp³-hybridized carbons (Fsp3) is 0.333. The third-order valence-electron chi connectivity index (χ3n) is 1.91. The Morgan fingerprint density at radius 1 is 1.50 bits per heavy atom. The van der Waals surface area contributed by atoms with Crippen molar-refractivity contribution >= 4 is 15.9 Å². The van der Waals surface area contributed by atoms with Gasteiger partial charge in [-0.2, -0.15) is 0 Å². The molecule has 1 atom stereocenters. The van der Waals surface area contributed by atoms with Gasteiger partial charge in [0.2, 0.25) is 0 Å². The van der Waals surface area contributed by atoms with E-state index in [-0.39, 0.29) is 24.3 Å². The summed E-state index contributed by atoms with van der Waals surface area (Å²) in [5.74, 6) is -0.728. The van der Waals surface area contributed by atoms with E-state index < -0.39 is 11.9 Å². The van der Waals surface area contributed by atoms with Crippen molar-refractivity contribution in [1.82, 2.24) is 0 Å². The van der Waals surface area contributed by atoms with Crippen molar-refractivity contribution < 1.29 is 14.6 Å². The molecule has 0 heterocycles. The maximum Gasteiger partial charge on any atom is 0.132 e. The fourth-order valence-corrected chi connectivity index (χ4v) is 1.49. The summed E-state index contributed by atoms with van der Waals surface area (Å²) in [6, 6.07) is 1.86. The van der Waals surface area contributed by atoms with Gasteiger partial charge in [0.1, 0.15) is 11.6 Å². The van der Waals surface area contributed by atoms with Gasteiger partial charge in [-0.1, -0.05) is 0 Å². The minimum absolute atomic E-state index is 0.0981. The standard InChI is InChI=1S/C9H11BrFNO2/c10-6-3-5(8(12)1-2-13)7(11)4-9(6)14/h3-4,8,13-14H,1-2,12H2. The number of phenols is 1. The molecule has 0 radical (unpaired) electrons. The minimum atomic E-state index is -0.563. The fourth-order valence-electron chi connectivity index (χ4n) is 1.13. The van der Waals surface area contributed by atoms with E-state index in [9.17, 15) is 4.39 Å². The molecule has 0 fully saturated rings. The summed E-state index contributed by atoms with van der Waals surface area (Å²) in [6.07, 6.45) is 0.286. The molecule has 1 aromatic carbocycles. The molecule has 4 N–H and O–H groups in total. The number of benzene rings is 1. The van der Waals surface area contributed by atoms with Crippen LogP contribution in [-0.4, -0.2) is 16.8 Å². The van der Waals surface area contributed by atoms with Gasteiger partial charge in [0, 0.05) is 24.3 Å². The van der Waals surface area contributed by atoms with E-state index in [1.165, 1.54) is 6.07 Å². The van der Waals surface area contributed by atoms with Gasteiger partial charge in [-0.3, -0.25) is 0 Å². The maximum absolute atomic E-state index is 13.3. The van der Waals surface area contributed by atoms with Crippen LogP contribution < -0.4 is 5.73 Å². The highest BCUT2D eigenvalue weighted by molar-refractivity contribution is 9.10. The lowest BCUT2D eigenvalue weighted by atomic mass is 10.0. The van der Waals surface area contributed by atoms with Crippen LogP contribution in [0.1, 0.15) is 18.0 Å². The number of rotatable bonds is 3. The molecule has 0 aliphatic rings. The van der Waals surface area contributed by atoms with E-state index in [1.54, 1.807) is 0 Å². The Labute approximate surface area is 89.5 Å². The first-order valence-corrected chi connectivity index (χ1v) is 4.90. The molecule has 0 spiro atoms. The summed E-state index contributed by atoms with van der Waals surface area (Å²) in [7, 11) is 0. The van der Waals surface area contributed by atoms with Gasteiger partial charge in [-0.15, -0.1) is 0 Å². The average Bonchev–Trinajstić information content (AvgIpc) is 2.11. The zero-order chi connectivity index (χ0) is 10.7. The Morgan fingerprint density at radius 3 is 2.71 bits per heavy atom. The van der Waals surface area contributed by atoms with E-state index >= 15 is 0 Å². The first-order valence-electron chi connectivity index (χ1n) is 4.10.